The van der Waals surface area contributed by atoms with Crippen molar-refractivity contribution < 1.29 is 4.52 Å². The third-order valence-corrected chi connectivity index (χ3v) is 2.67. The van der Waals surface area contributed by atoms with E-state index in [9.17, 15) is 0 Å². The number of benzene rings is 1. The molecule has 0 unspecified atom stereocenters. The first-order chi connectivity index (χ1) is 6.84. The van der Waals surface area contributed by atoms with E-state index in [4.69, 9.17) is 16.1 Å². The number of para-hydroxylation sites is 1. The monoisotopic (exact) mass is 206 g/mol. The largest absolute Gasteiger partial charge is 0.359 e. The van der Waals surface area contributed by atoms with Crippen molar-refractivity contribution in [1.82, 2.24) is 5.16 Å². The number of nitrogens with one attached hydrogen (secondary N) is 1. The molecular weight excluding hydrogens is 200 g/mol. The molecule has 1 aromatic heterocycles. The zero-order valence-electron chi connectivity index (χ0n) is 7.25. The van der Waals surface area contributed by atoms with Crippen LogP contribution in [0.2, 0.25) is 5.02 Å². The molecule has 70 valence electrons. The third-order valence-electron chi connectivity index (χ3n) is 2.36. The number of nitrogens with zero attached hydrogens (tertiary/aromatic N) is 1. The predicted molar refractivity (Wildman–Crippen MR) is 54.0 cm³/mol. The van der Waals surface area contributed by atoms with Crippen LogP contribution in [0, 0.1) is 0 Å². The quantitative estimate of drug-likeness (QED) is 0.615. The van der Waals surface area contributed by atoms with E-state index in [1.165, 1.54) is 0 Å². The minimum atomic E-state index is 0.731. The molecule has 0 fully saturated rings. The molecule has 2 aromatic rings. The van der Waals surface area contributed by atoms with Crippen molar-refractivity contribution in [2.75, 3.05) is 5.32 Å². The van der Waals surface area contributed by atoms with E-state index >= 15 is 0 Å². The predicted octanol–water partition coefficient (Wildman–Crippen LogP) is 2.98. The van der Waals surface area contributed by atoms with Crippen LogP contribution in [0.25, 0.3) is 0 Å². The lowest BCUT2D eigenvalue weighted by atomic mass is 10.0. The van der Waals surface area contributed by atoms with Crippen molar-refractivity contribution in [1.29, 1.82) is 0 Å². The van der Waals surface area contributed by atoms with Crippen LogP contribution in [0.15, 0.2) is 28.9 Å². The Morgan fingerprint density at radius 1 is 1.43 bits per heavy atom. The molecule has 0 radical (unpaired) electrons. The first-order valence-electron chi connectivity index (χ1n) is 4.32. The van der Waals surface area contributed by atoms with Crippen LogP contribution in [-0.2, 0) is 6.42 Å². The molecule has 0 spiro atoms. The van der Waals surface area contributed by atoms with Crippen LogP contribution in [0.1, 0.15) is 11.3 Å². The van der Waals surface area contributed by atoms with Crippen LogP contribution >= 0.6 is 11.6 Å². The molecule has 4 heteroatoms. The van der Waals surface area contributed by atoms with E-state index in [-0.39, 0.29) is 0 Å². The molecule has 1 N–H and O–H groups in total. The smallest absolute Gasteiger partial charge is 0.164 e. The van der Waals surface area contributed by atoms with Gasteiger partial charge in [0.25, 0.3) is 0 Å². The minimum absolute atomic E-state index is 0.731. The molecule has 0 atom stereocenters. The maximum Gasteiger partial charge on any atom is 0.164 e. The average Bonchev–Trinajstić information content (AvgIpc) is 2.62. The first-order valence-corrected chi connectivity index (χ1v) is 4.70. The number of rotatable bonds is 0. The fraction of sp³-hybridized carbons (Fsp3) is 0.100. The van der Waals surface area contributed by atoms with Gasteiger partial charge in [-0.2, -0.15) is 0 Å². The third kappa shape index (κ3) is 1.02. The highest BCUT2D eigenvalue weighted by molar-refractivity contribution is 6.33. The standard InChI is InChI=1S/C10H7ClN2O/c11-7-3-1-2-6-4-9-8(5-12-14-9)13-10(6)7/h1-3,5,13H,4H2. The molecule has 0 bridgehead atoms. The lowest BCUT2D eigenvalue weighted by molar-refractivity contribution is 0.389. The highest BCUT2D eigenvalue weighted by Gasteiger charge is 2.19. The van der Waals surface area contributed by atoms with E-state index in [0.717, 1.165) is 34.1 Å². The molecular formula is C10H7ClN2O. The van der Waals surface area contributed by atoms with E-state index in [0.29, 0.717) is 0 Å². The summed E-state index contributed by atoms with van der Waals surface area (Å²) in [6.07, 6.45) is 2.42. The lowest BCUT2D eigenvalue weighted by Gasteiger charge is -2.17. The van der Waals surface area contributed by atoms with Crippen molar-refractivity contribution in [3.05, 3.63) is 40.7 Å². The summed E-state index contributed by atoms with van der Waals surface area (Å²) in [4.78, 5) is 0. The summed E-state index contributed by atoms with van der Waals surface area (Å²) in [5.41, 5.74) is 3.01. The second kappa shape index (κ2) is 2.75. The number of halogens is 1. The van der Waals surface area contributed by atoms with E-state index in [1.807, 2.05) is 18.2 Å². The van der Waals surface area contributed by atoms with Crippen LogP contribution in [0.3, 0.4) is 0 Å². The number of fused-ring (bicyclic) bond motifs is 2. The summed E-state index contributed by atoms with van der Waals surface area (Å²) >= 11 is 6.06. The van der Waals surface area contributed by atoms with Gasteiger partial charge in [0.15, 0.2) is 5.76 Å². The van der Waals surface area contributed by atoms with Gasteiger partial charge in [0.1, 0.15) is 5.69 Å². The molecule has 3 rings (SSSR count). The van der Waals surface area contributed by atoms with Gasteiger partial charge < -0.3 is 9.84 Å². The second-order valence-electron chi connectivity index (χ2n) is 3.24. The van der Waals surface area contributed by atoms with Gasteiger partial charge in [-0.05, 0) is 11.6 Å². The highest BCUT2D eigenvalue weighted by Crippen LogP contribution is 2.36. The maximum absolute atomic E-state index is 6.06. The summed E-state index contributed by atoms with van der Waals surface area (Å²) in [6, 6.07) is 5.83. The first kappa shape index (κ1) is 7.88. The number of aromatic nitrogens is 1. The molecule has 3 nitrogen and oxygen atoms in total. The Bertz CT molecular complexity index is 493. The minimum Gasteiger partial charge on any atom is -0.359 e. The van der Waals surface area contributed by atoms with Crippen molar-refractivity contribution in [3.8, 4) is 0 Å². The summed E-state index contributed by atoms with van der Waals surface area (Å²) in [7, 11) is 0. The second-order valence-corrected chi connectivity index (χ2v) is 3.65. The molecule has 1 aliphatic rings. The zero-order chi connectivity index (χ0) is 9.54. The van der Waals surface area contributed by atoms with Gasteiger partial charge in [0, 0.05) is 6.42 Å². The molecule has 0 amide bonds. The van der Waals surface area contributed by atoms with Gasteiger partial charge in [-0.15, -0.1) is 0 Å². The van der Waals surface area contributed by atoms with E-state index in [2.05, 4.69) is 10.5 Å². The Labute approximate surface area is 85.7 Å². The van der Waals surface area contributed by atoms with Gasteiger partial charge in [-0.3, -0.25) is 0 Å². The molecule has 14 heavy (non-hydrogen) atoms. The van der Waals surface area contributed by atoms with Gasteiger partial charge in [0.2, 0.25) is 0 Å². The van der Waals surface area contributed by atoms with Crippen LogP contribution < -0.4 is 5.32 Å². The fourth-order valence-corrected chi connectivity index (χ4v) is 1.90. The Balaban J connectivity index is 2.17. The molecule has 0 saturated heterocycles. The van der Waals surface area contributed by atoms with Crippen molar-refractivity contribution in [3.63, 3.8) is 0 Å². The van der Waals surface area contributed by atoms with E-state index < -0.39 is 0 Å². The van der Waals surface area contributed by atoms with Gasteiger partial charge in [0.05, 0.1) is 16.9 Å². The number of hydrogen-bond donors (Lipinski definition) is 1. The van der Waals surface area contributed by atoms with Gasteiger partial charge >= 0.3 is 0 Å². The van der Waals surface area contributed by atoms with Crippen molar-refractivity contribution in [2.45, 2.75) is 6.42 Å². The van der Waals surface area contributed by atoms with Gasteiger partial charge in [-0.1, -0.05) is 28.9 Å². The van der Waals surface area contributed by atoms with Crippen LogP contribution in [0.4, 0.5) is 11.4 Å². The maximum atomic E-state index is 6.06. The SMILES string of the molecule is Clc1cccc2c1Nc1cnoc1C2. The summed E-state index contributed by atoms with van der Waals surface area (Å²) in [6.45, 7) is 0. The topological polar surface area (TPSA) is 38.1 Å². The number of hydrogen-bond acceptors (Lipinski definition) is 3. The summed E-state index contributed by atoms with van der Waals surface area (Å²) < 4.78 is 5.10. The molecule has 0 saturated carbocycles. The average molecular weight is 207 g/mol. The molecule has 0 aliphatic carbocycles. The lowest BCUT2D eigenvalue weighted by Crippen LogP contribution is -2.04. The Morgan fingerprint density at radius 3 is 3.29 bits per heavy atom. The molecule has 1 aliphatic heterocycles. The highest BCUT2D eigenvalue weighted by atomic mass is 35.5. The van der Waals surface area contributed by atoms with Crippen molar-refractivity contribution in [2.24, 2.45) is 0 Å². The Hall–Kier alpha value is -1.48. The molecule has 1 aromatic carbocycles. The van der Waals surface area contributed by atoms with E-state index in [1.54, 1.807) is 6.20 Å². The molecule has 2 heterocycles. The fourth-order valence-electron chi connectivity index (χ4n) is 1.66. The summed E-state index contributed by atoms with van der Waals surface area (Å²) in [5, 5.41) is 7.67. The van der Waals surface area contributed by atoms with Gasteiger partial charge in [-0.25, -0.2) is 0 Å². The normalized spacial score (nSPS) is 12.9. The Kier molecular flexibility index (Phi) is 1.55. The van der Waals surface area contributed by atoms with Crippen LogP contribution in [-0.4, -0.2) is 5.16 Å². The number of anilines is 2. The van der Waals surface area contributed by atoms with Crippen molar-refractivity contribution >= 4 is 23.0 Å². The van der Waals surface area contributed by atoms with Crippen LogP contribution in [0.5, 0.6) is 0 Å². The Morgan fingerprint density at radius 2 is 2.36 bits per heavy atom. The summed E-state index contributed by atoms with van der Waals surface area (Å²) in [5.74, 6) is 0.861. The zero-order valence-corrected chi connectivity index (χ0v) is 8.01.